The summed E-state index contributed by atoms with van der Waals surface area (Å²) in [7, 11) is 0. The fourth-order valence-electron chi connectivity index (χ4n) is 0.655. The Balaban J connectivity index is 2.96. The summed E-state index contributed by atoms with van der Waals surface area (Å²) in [5, 5.41) is 9.44. The van der Waals surface area contributed by atoms with Crippen LogP contribution in [0.2, 0.25) is 5.02 Å². The minimum absolute atomic E-state index is 0.581. The lowest BCUT2D eigenvalue weighted by Gasteiger charge is -2.00. The Morgan fingerprint density at radius 2 is 2.10 bits per heavy atom. The van der Waals surface area contributed by atoms with E-state index < -0.39 is 5.56 Å². The van der Waals surface area contributed by atoms with Gasteiger partial charge in [-0.3, -0.25) is 0 Å². The summed E-state index contributed by atoms with van der Waals surface area (Å²) >= 11 is 11.0. The van der Waals surface area contributed by atoms with E-state index in [0.29, 0.717) is 10.6 Å². The molecule has 0 saturated heterocycles. The van der Waals surface area contributed by atoms with Crippen molar-refractivity contribution in [3.63, 3.8) is 0 Å². The van der Waals surface area contributed by atoms with Crippen LogP contribution >= 0.6 is 23.2 Å². The van der Waals surface area contributed by atoms with E-state index in [1.807, 2.05) is 0 Å². The van der Waals surface area contributed by atoms with Crippen molar-refractivity contribution in [2.75, 3.05) is 0 Å². The van der Waals surface area contributed by atoms with Gasteiger partial charge in [-0.25, -0.2) is 0 Å². The SMILES string of the molecule is OC(Cl)c1cccc(Cl)c1. The Hall–Kier alpha value is -0.240. The molecule has 0 heterocycles. The minimum atomic E-state index is -0.960. The fraction of sp³-hybridized carbons (Fsp3) is 0.143. The van der Waals surface area contributed by atoms with Crippen LogP contribution < -0.4 is 0 Å². The van der Waals surface area contributed by atoms with Crippen molar-refractivity contribution < 1.29 is 5.11 Å². The molecule has 1 aromatic carbocycles. The highest BCUT2D eigenvalue weighted by Crippen LogP contribution is 2.19. The summed E-state index contributed by atoms with van der Waals surface area (Å²) in [6, 6.07) is 6.80. The Labute approximate surface area is 69.2 Å². The van der Waals surface area contributed by atoms with Crippen molar-refractivity contribution in [2.45, 2.75) is 5.56 Å². The zero-order chi connectivity index (χ0) is 7.56. The maximum Gasteiger partial charge on any atom is 0.153 e. The van der Waals surface area contributed by atoms with Gasteiger partial charge in [0.1, 0.15) is 0 Å². The summed E-state index contributed by atoms with van der Waals surface area (Å²) in [4.78, 5) is 0. The first-order chi connectivity index (χ1) is 4.70. The maximum absolute atomic E-state index is 8.85. The molecule has 10 heavy (non-hydrogen) atoms. The first kappa shape index (κ1) is 7.86. The Morgan fingerprint density at radius 3 is 2.50 bits per heavy atom. The van der Waals surface area contributed by atoms with E-state index in [1.54, 1.807) is 24.3 Å². The van der Waals surface area contributed by atoms with E-state index in [0.717, 1.165) is 0 Å². The van der Waals surface area contributed by atoms with Gasteiger partial charge >= 0.3 is 0 Å². The van der Waals surface area contributed by atoms with Crippen molar-refractivity contribution in [2.24, 2.45) is 0 Å². The van der Waals surface area contributed by atoms with Gasteiger partial charge < -0.3 is 5.11 Å². The van der Waals surface area contributed by atoms with Gasteiger partial charge in [-0.15, -0.1) is 0 Å². The molecule has 0 spiro atoms. The van der Waals surface area contributed by atoms with Gasteiger partial charge in [-0.05, 0) is 17.7 Å². The van der Waals surface area contributed by atoms with Crippen molar-refractivity contribution in [1.29, 1.82) is 0 Å². The smallest absolute Gasteiger partial charge is 0.153 e. The number of halogens is 2. The predicted molar refractivity (Wildman–Crippen MR) is 42.3 cm³/mol. The number of rotatable bonds is 1. The van der Waals surface area contributed by atoms with Crippen LogP contribution in [0.5, 0.6) is 0 Å². The largest absolute Gasteiger partial charge is 0.373 e. The van der Waals surface area contributed by atoms with Crippen molar-refractivity contribution in [1.82, 2.24) is 0 Å². The quantitative estimate of drug-likeness (QED) is 0.653. The molecule has 0 saturated carbocycles. The zero-order valence-corrected chi connectivity index (χ0v) is 6.60. The number of hydrogen-bond donors (Lipinski definition) is 1. The molecule has 0 aliphatic carbocycles. The number of aliphatic hydroxyl groups is 1. The van der Waals surface area contributed by atoms with Crippen LogP contribution in [0, 0.1) is 0 Å². The molecule has 1 aromatic rings. The molecule has 0 aromatic heterocycles. The Bertz CT molecular complexity index is 223. The highest BCUT2D eigenvalue weighted by molar-refractivity contribution is 6.30. The van der Waals surface area contributed by atoms with Gasteiger partial charge in [0.15, 0.2) is 5.56 Å². The molecular weight excluding hydrogens is 171 g/mol. The second kappa shape index (κ2) is 3.24. The van der Waals surface area contributed by atoms with Crippen molar-refractivity contribution in [3.05, 3.63) is 34.9 Å². The molecule has 1 nitrogen and oxygen atoms in total. The number of aliphatic hydroxyl groups excluding tert-OH is 1. The molecule has 0 radical (unpaired) electrons. The average Bonchev–Trinajstić information content (AvgIpc) is 1.88. The van der Waals surface area contributed by atoms with Crippen LogP contribution in [0.25, 0.3) is 0 Å². The van der Waals surface area contributed by atoms with Gasteiger partial charge in [-0.2, -0.15) is 0 Å². The second-order valence-electron chi connectivity index (χ2n) is 1.89. The number of alkyl halides is 1. The highest BCUT2D eigenvalue weighted by atomic mass is 35.5. The lowest BCUT2D eigenvalue weighted by atomic mass is 10.2. The van der Waals surface area contributed by atoms with Gasteiger partial charge in [0, 0.05) is 5.02 Å². The molecule has 0 aliphatic heterocycles. The van der Waals surface area contributed by atoms with Crippen LogP contribution in [-0.4, -0.2) is 5.11 Å². The highest BCUT2D eigenvalue weighted by Gasteiger charge is 2.00. The third-order valence-corrected chi connectivity index (χ3v) is 1.61. The molecule has 1 N–H and O–H groups in total. The Kier molecular flexibility index (Phi) is 2.55. The van der Waals surface area contributed by atoms with Crippen LogP contribution in [0.15, 0.2) is 24.3 Å². The summed E-state index contributed by atoms with van der Waals surface area (Å²) in [5.41, 5.74) is -0.340. The lowest BCUT2D eigenvalue weighted by molar-refractivity contribution is 0.263. The minimum Gasteiger partial charge on any atom is -0.373 e. The zero-order valence-electron chi connectivity index (χ0n) is 5.09. The van der Waals surface area contributed by atoms with Crippen LogP contribution in [0.1, 0.15) is 11.1 Å². The normalized spacial score (nSPS) is 13.1. The van der Waals surface area contributed by atoms with Gasteiger partial charge in [0.05, 0.1) is 0 Å². The molecule has 54 valence electrons. The van der Waals surface area contributed by atoms with Crippen molar-refractivity contribution in [3.8, 4) is 0 Å². The molecule has 0 bridgehead atoms. The van der Waals surface area contributed by atoms with E-state index in [1.165, 1.54) is 0 Å². The topological polar surface area (TPSA) is 20.2 Å². The average molecular weight is 177 g/mol. The second-order valence-corrected chi connectivity index (χ2v) is 2.74. The lowest BCUT2D eigenvalue weighted by Crippen LogP contribution is -1.85. The summed E-state index contributed by atoms with van der Waals surface area (Å²) in [6.07, 6.45) is 0. The summed E-state index contributed by atoms with van der Waals surface area (Å²) < 4.78 is 0. The van der Waals surface area contributed by atoms with E-state index in [2.05, 4.69) is 0 Å². The standard InChI is InChI=1S/C7H6Cl2O/c8-6-3-1-2-5(4-6)7(9)10/h1-4,7,10H. The monoisotopic (exact) mass is 176 g/mol. The molecule has 1 rings (SSSR count). The number of benzene rings is 1. The first-order valence-electron chi connectivity index (χ1n) is 2.78. The summed E-state index contributed by atoms with van der Waals surface area (Å²) in [5.74, 6) is 0. The van der Waals surface area contributed by atoms with E-state index in [9.17, 15) is 0 Å². The predicted octanol–water partition coefficient (Wildman–Crippen LogP) is 2.57. The summed E-state index contributed by atoms with van der Waals surface area (Å²) in [6.45, 7) is 0. The van der Waals surface area contributed by atoms with Crippen LogP contribution in [0.4, 0.5) is 0 Å². The molecular formula is C7H6Cl2O. The van der Waals surface area contributed by atoms with Gasteiger partial charge in [0.25, 0.3) is 0 Å². The molecule has 0 aliphatic rings. The maximum atomic E-state index is 8.85. The number of hydrogen-bond acceptors (Lipinski definition) is 1. The third-order valence-electron chi connectivity index (χ3n) is 1.12. The van der Waals surface area contributed by atoms with E-state index >= 15 is 0 Å². The van der Waals surface area contributed by atoms with E-state index in [4.69, 9.17) is 28.3 Å². The molecule has 1 unspecified atom stereocenters. The van der Waals surface area contributed by atoms with Gasteiger partial charge in [0.2, 0.25) is 0 Å². The molecule has 1 atom stereocenters. The molecule has 0 fully saturated rings. The first-order valence-corrected chi connectivity index (χ1v) is 3.59. The fourth-order valence-corrected chi connectivity index (χ4v) is 0.989. The molecule has 0 amide bonds. The van der Waals surface area contributed by atoms with Crippen LogP contribution in [0.3, 0.4) is 0 Å². The van der Waals surface area contributed by atoms with Crippen molar-refractivity contribution >= 4 is 23.2 Å². The third kappa shape index (κ3) is 1.87. The van der Waals surface area contributed by atoms with Crippen LogP contribution in [-0.2, 0) is 0 Å². The van der Waals surface area contributed by atoms with E-state index in [-0.39, 0.29) is 0 Å². The molecule has 3 heteroatoms. The Morgan fingerprint density at radius 1 is 1.40 bits per heavy atom. The van der Waals surface area contributed by atoms with Gasteiger partial charge in [-0.1, -0.05) is 35.3 Å².